The summed E-state index contributed by atoms with van der Waals surface area (Å²) < 4.78 is 7.26. The van der Waals surface area contributed by atoms with Crippen LogP contribution in [0.5, 0.6) is 5.75 Å². The van der Waals surface area contributed by atoms with E-state index in [1.807, 2.05) is 51.4 Å². The van der Waals surface area contributed by atoms with E-state index < -0.39 is 0 Å². The molecule has 5 nitrogen and oxygen atoms in total. The van der Waals surface area contributed by atoms with Crippen LogP contribution in [0.4, 0.5) is 4.79 Å². The molecule has 2 aromatic carbocycles. The van der Waals surface area contributed by atoms with E-state index in [9.17, 15) is 4.79 Å². The molecule has 138 valence electrons. The SMILES string of the molecule is COc1cccc(-c2ccc(-n3ccs/c3=N\C(=O)N3CCCC3)cc2)c1. The van der Waals surface area contributed by atoms with Crippen LogP contribution in [0, 0.1) is 0 Å². The second-order valence-corrected chi connectivity index (χ2v) is 7.30. The molecule has 1 aromatic heterocycles. The van der Waals surface area contributed by atoms with Crippen molar-refractivity contribution in [1.82, 2.24) is 9.47 Å². The highest BCUT2D eigenvalue weighted by molar-refractivity contribution is 7.07. The van der Waals surface area contributed by atoms with E-state index in [1.54, 1.807) is 7.11 Å². The lowest BCUT2D eigenvalue weighted by atomic mass is 10.1. The summed E-state index contributed by atoms with van der Waals surface area (Å²) in [5, 5.41) is 1.95. The molecule has 27 heavy (non-hydrogen) atoms. The van der Waals surface area contributed by atoms with Crippen LogP contribution in [0.1, 0.15) is 12.8 Å². The predicted molar refractivity (Wildman–Crippen MR) is 107 cm³/mol. The molecule has 1 aliphatic heterocycles. The Morgan fingerprint density at radius 3 is 2.59 bits per heavy atom. The number of carbonyl (C=O) groups excluding carboxylic acids is 1. The predicted octanol–water partition coefficient (Wildman–Crippen LogP) is 4.33. The molecule has 0 radical (unpaired) electrons. The molecule has 1 aliphatic rings. The van der Waals surface area contributed by atoms with Crippen LogP contribution in [-0.2, 0) is 0 Å². The number of urea groups is 1. The Morgan fingerprint density at radius 2 is 1.85 bits per heavy atom. The zero-order valence-corrected chi connectivity index (χ0v) is 16.0. The van der Waals surface area contributed by atoms with Gasteiger partial charge in [0, 0.05) is 30.4 Å². The van der Waals surface area contributed by atoms with Crippen LogP contribution < -0.4 is 9.54 Å². The second kappa shape index (κ2) is 7.80. The first-order valence-electron chi connectivity index (χ1n) is 8.99. The highest BCUT2D eigenvalue weighted by Crippen LogP contribution is 2.24. The van der Waals surface area contributed by atoms with Crippen molar-refractivity contribution in [2.45, 2.75) is 12.8 Å². The van der Waals surface area contributed by atoms with Gasteiger partial charge in [-0.2, -0.15) is 4.99 Å². The molecule has 3 aromatic rings. The van der Waals surface area contributed by atoms with Gasteiger partial charge >= 0.3 is 6.03 Å². The molecule has 0 aliphatic carbocycles. The van der Waals surface area contributed by atoms with Crippen molar-refractivity contribution in [3.05, 3.63) is 64.9 Å². The minimum Gasteiger partial charge on any atom is -0.497 e. The van der Waals surface area contributed by atoms with Crippen LogP contribution in [0.25, 0.3) is 16.8 Å². The summed E-state index contributed by atoms with van der Waals surface area (Å²) in [6.07, 6.45) is 4.08. The summed E-state index contributed by atoms with van der Waals surface area (Å²) in [4.78, 5) is 19.2. The van der Waals surface area contributed by atoms with Crippen LogP contribution in [0.15, 0.2) is 65.1 Å². The van der Waals surface area contributed by atoms with Crippen molar-refractivity contribution in [3.8, 4) is 22.6 Å². The topological polar surface area (TPSA) is 46.8 Å². The third-order valence-corrected chi connectivity index (χ3v) is 5.46. The molecule has 0 spiro atoms. The Morgan fingerprint density at radius 1 is 1.07 bits per heavy atom. The highest BCUT2D eigenvalue weighted by Gasteiger charge is 2.17. The van der Waals surface area contributed by atoms with E-state index in [1.165, 1.54) is 11.3 Å². The molecule has 2 amide bonds. The van der Waals surface area contributed by atoms with Crippen LogP contribution in [-0.4, -0.2) is 35.7 Å². The number of rotatable bonds is 3. The van der Waals surface area contributed by atoms with E-state index in [0.717, 1.165) is 48.5 Å². The van der Waals surface area contributed by atoms with Gasteiger partial charge in [0.25, 0.3) is 0 Å². The fraction of sp³-hybridized carbons (Fsp3) is 0.238. The van der Waals surface area contributed by atoms with Crippen molar-refractivity contribution in [2.24, 2.45) is 4.99 Å². The number of ether oxygens (including phenoxy) is 1. The van der Waals surface area contributed by atoms with Crippen molar-refractivity contribution >= 4 is 17.4 Å². The van der Waals surface area contributed by atoms with Gasteiger partial charge in [0.2, 0.25) is 0 Å². The van der Waals surface area contributed by atoms with Gasteiger partial charge in [-0.05, 0) is 48.2 Å². The van der Waals surface area contributed by atoms with E-state index >= 15 is 0 Å². The van der Waals surface area contributed by atoms with Gasteiger partial charge in [0.05, 0.1) is 7.11 Å². The van der Waals surface area contributed by atoms with Gasteiger partial charge in [0.15, 0.2) is 4.80 Å². The lowest BCUT2D eigenvalue weighted by Crippen LogP contribution is -2.27. The number of methoxy groups -OCH3 is 1. The van der Waals surface area contributed by atoms with Gasteiger partial charge in [0.1, 0.15) is 5.75 Å². The zero-order valence-electron chi connectivity index (χ0n) is 15.2. The van der Waals surface area contributed by atoms with Crippen LogP contribution in [0.2, 0.25) is 0 Å². The molecule has 0 N–H and O–H groups in total. The smallest absolute Gasteiger partial charge is 0.346 e. The first-order valence-corrected chi connectivity index (χ1v) is 9.87. The zero-order chi connectivity index (χ0) is 18.6. The molecule has 1 saturated heterocycles. The Bertz CT molecular complexity index is 999. The Balaban J connectivity index is 1.61. The normalized spacial score (nSPS) is 14.6. The largest absolute Gasteiger partial charge is 0.497 e. The first kappa shape index (κ1) is 17.5. The Hall–Kier alpha value is -2.86. The number of thiazole rings is 1. The maximum absolute atomic E-state index is 12.3. The number of hydrogen-bond donors (Lipinski definition) is 0. The van der Waals surface area contributed by atoms with Crippen LogP contribution >= 0.6 is 11.3 Å². The number of amides is 2. The fourth-order valence-electron chi connectivity index (χ4n) is 3.23. The quantitative estimate of drug-likeness (QED) is 0.680. The molecule has 0 unspecified atom stereocenters. The molecular formula is C21H21N3O2S. The fourth-order valence-corrected chi connectivity index (χ4v) is 3.94. The minimum absolute atomic E-state index is 0.142. The van der Waals surface area contributed by atoms with Gasteiger partial charge < -0.3 is 9.64 Å². The second-order valence-electron chi connectivity index (χ2n) is 6.42. The average Bonchev–Trinajstić information content (AvgIpc) is 3.40. The van der Waals surface area contributed by atoms with Crippen molar-refractivity contribution in [3.63, 3.8) is 0 Å². The molecule has 0 bridgehead atoms. The Kier molecular flexibility index (Phi) is 5.07. The summed E-state index contributed by atoms with van der Waals surface area (Å²) in [5.41, 5.74) is 3.20. The molecule has 2 heterocycles. The standard InChI is InChI=1S/C21H21N3O2S/c1-26-19-6-4-5-17(15-19)16-7-9-18(10-8-16)24-13-14-27-21(24)22-20(25)23-11-2-3-12-23/h4-10,13-15H,2-3,11-12H2,1H3/b22-21-. The molecule has 1 fully saturated rings. The molecule has 4 rings (SSSR count). The highest BCUT2D eigenvalue weighted by atomic mass is 32.1. The lowest BCUT2D eigenvalue weighted by molar-refractivity contribution is 0.218. The number of carbonyl (C=O) groups is 1. The summed E-state index contributed by atoms with van der Waals surface area (Å²) >= 11 is 1.47. The maximum atomic E-state index is 12.3. The molecular weight excluding hydrogens is 358 g/mol. The maximum Gasteiger partial charge on any atom is 0.346 e. The average molecular weight is 379 g/mol. The van der Waals surface area contributed by atoms with Crippen LogP contribution in [0.3, 0.4) is 0 Å². The third kappa shape index (κ3) is 3.80. The first-order chi connectivity index (χ1) is 13.2. The summed E-state index contributed by atoms with van der Waals surface area (Å²) in [6, 6.07) is 16.1. The molecule has 0 atom stereocenters. The van der Waals surface area contributed by atoms with Crippen molar-refractivity contribution in [2.75, 3.05) is 20.2 Å². The van der Waals surface area contributed by atoms with Gasteiger partial charge in [-0.3, -0.25) is 4.57 Å². The van der Waals surface area contributed by atoms with Crippen molar-refractivity contribution in [1.29, 1.82) is 0 Å². The number of benzene rings is 2. The van der Waals surface area contributed by atoms with E-state index in [4.69, 9.17) is 4.74 Å². The van der Waals surface area contributed by atoms with E-state index in [0.29, 0.717) is 4.80 Å². The summed E-state index contributed by atoms with van der Waals surface area (Å²) in [6.45, 7) is 1.62. The van der Waals surface area contributed by atoms with Gasteiger partial charge in [-0.15, -0.1) is 11.3 Å². The monoisotopic (exact) mass is 379 g/mol. The summed E-state index contributed by atoms with van der Waals surface area (Å²) in [7, 11) is 1.67. The summed E-state index contributed by atoms with van der Waals surface area (Å²) in [5.74, 6) is 0.838. The van der Waals surface area contributed by atoms with Gasteiger partial charge in [-0.1, -0.05) is 24.3 Å². The minimum atomic E-state index is -0.142. The van der Waals surface area contributed by atoms with Crippen molar-refractivity contribution < 1.29 is 9.53 Å². The number of hydrogen-bond acceptors (Lipinski definition) is 3. The number of likely N-dealkylation sites (tertiary alicyclic amines) is 1. The van der Waals surface area contributed by atoms with E-state index in [2.05, 4.69) is 23.2 Å². The number of nitrogens with zero attached hydrogens (tertiary/aromatic N) is 3. The Labute approximate surface area is 162 Å². The third-order valence-electron chi connectivity index (χ3n) is 4.71. The molecule has 6 heteroatoms. The lowest BCUT2D eigenvalue weighted by Gasteiger charge is -2.11. The molecule has 0 saturated carbocycles. The number of aromatic nitrogens is 1. The van der Waals surface area contributed by atoms with E-state index in [-0.39, 0.29) is 6.03 Å². The van der Waals surface area contributed by atoms with Gasteiger partial charge in [-0.25, -0.2) is 4.79 Å².